The highest BCUT2D eigenvalue weighted by Gasteiger charge is 2.21. The van der Waals surface area contributed by atoms with Crippen molar-refractivity contribution in [2.75, 3.05) is 6.54 Å². The zero-order chi connectivity index (χ0) is 14.5. The summed E-state index contributed by atoms with van der Waals surface area (Å²) < 4.78 is 0.722. The van der Waals surface area contributed by atoms with E-state index in [0.29, 0.717) is 0 Å². The number of hydrogen-bond donors (Lipinski definition) is 2. The molecule has 0 saturated carbocycles. The minimum Gasteiger partial charge on any atom is -0.348 e. The standard InChI is InChI=1S/C15H17ClN2OS/c1-10(13-7-8-14(16)20-13)18-15(19)12(9-17)11-5-3-2-4-6-11/h2-8,10,12H,9,17H2,1H3,(H,18,19). The highest BCUT2D eigenvalue weighted by Crippen LogP contribution is 2.27. The van der Waals surface area contributed by atoms with Gasteiger partial charge in [-0.25, -0.2) is 0 Å². The van der Waals surface area contributed by atoms with E-state index in [9.17, 15) is 4.79 Å². The summed E-state index contributed by atoms with van der Waals surface area (Å²) in [5, 5.41) is 2.99. The van der Waals surface area contributed by atoms with Gasteiger partial charge >= 0.3 is 0 Å². The minimum atomic E-state index is -0.325. The monoisotopic (exact) mass is 308 g/mol. The van der Waals surface area contributed by atoms with Crippen molar-refractivity contribution in [3.8, 4) is 0 Å². The van der Waals surface area contributed by atoms with Gasteiger partial charge in [0.05, 0.1) is 16.3 Å². The second-order valence-corrected chi connectivity index (χ2v) is 6.32. The molecule has 2 atom stereocenters. The van der Waals surface area contributed by atoms with Gasteiger partial charge in [0.2, 0.25) is 5.91 Å². The van der Waals surface area contributed by atoms with Crippen LogP contribution in [0, 0.1) is 0 Å². The quantitative estimate of drug-likeness (QED) is 0.890. The number of hydrogen-bond acceptors (Lipinski definition) is 3. The molecule has 0 radical (unpaired) electrons. The Morgan fingerprint density at radius 2 is 2.00 bits per heavy atom. The van der Waals surface area contributed by atoms with Crippen LogP contribution in [0.4, 0.5) is 0 Å². The van der Waals surface area contributed by atoms with Gasteiger partial charge in [0.15, 0.2) is 0 Å². The molecule has 0 aliphatic heterocycles. The normalized spacial score (nSPS) is 13.8. The number of halogens is 1. The topological polar surface area (TPSA) is 55.1 Å². The van der Waals surface area contributed by atoms with Gasteiger partial charge in [-0.2, -0.15) is 0 Å². The maximum absolute atomic E-state index is 12.3. The van der Waals surface area contributed by atoms with Crippen LogP contribution >= 0.6 is 22.9 Å². The molecule has 5 heteroatoms. The number of amides is 1. The number of carbonyl (C=O) groups excluding carboxylic acids is 1. The van der Waals surface area contributed by atoms with Crippen molar-refractivity contribution < 1.29 is 4.79 Å². The Bertz CT molecular complexity index is 570. The first-order chi connectivity index (χ1) is 9.61. The molecule has 0 saturated heterocycles. The second-order valence-electron chi connectivity index (χ2n) is 4.57. The summed E-state index contributed by atoms with van der Waals surface area (Å²) in [4.78, 5) is 13.4. The van der Waals surface area contributed by atoms with E-state index in [-0.39, 0.29) is 24.4 Å². The SMILES string of the molecule is CC(NC(=O)C(CN)c1ccccc1)c1ccc(Cl)s1. The highest BCUT2D eigenvalue weighted by atomic mass is 35.5. The molecule has 2 unspecified atom stereocenters. The summed E-state index contributed by atoms with van der Waals surface area (Å²) in [5.74, 6) is -0.384. The van der Waals surface area contributed by atoms with E-state index >= 15 is 0 Å². The Morgan fingerprint density at radius 1 is 1.30 bits per heavy atom. The molecular formula is C15H17ClN2OS. The van der Waals surface area contributed by atoms with Crippen molar-refractivity contribution in [3.63, 3.8) is 0 Å². The molecule has 1 amide bonds. The average Bonchev–Trinajstić information content (AvgIpc) is 2.87. The molecule has 106 valence electrons. The van der Waals surface area contributed by atoms with E-state index in [1.54, 1.807) is 0 Å². The van der Waals surface area contributed by atoms with Crippen molar-refractivity contribution in [3.05, 3.63) is 57.2 Å². The van der Waals surface area contributed by atoms with Gasteiger partial charge in [-0.1, -0.05) is 41.9 Å². The van der Waals surface area contributed by atoms with Crippen LogP contribution in [-0.2, 0) is 4.79 Å². The first-order valence-electron chi connectivity index (χ1n) is 6.42. The molecule has 1 heterocycles. The van der Waals surface area contributed by atoms with E-state index in [4.69, 9.17) is 17.3 Å². The van der Waals surface area contributed by atoms with Crippen molar-refractivity contribution in [2.45, 2.75) is 18.9 Å². The number of thiophene rings is 1. The molecule has 2 aromatic rings. The van der Waals surface area contributed by atoms with Gasteiger partial charge in [-0.05, 0) is 24.6 Å². The lowest BCUT2D eigenvalue weighted by molar-refractivity contribution is -0.123. The summed E-state index contributed by atoms with van der Waals surface area (Å²) in [6.45, 7) is 2.23. The maximum atomic E-state index is 12.3. The van der Waals surface area contributed by atoms with Crippen LogP contribution in [0.15, 0.2) is 42.5 Å². The number of benzene rings is 1. The van der Waals surface area contributed by atoms with Crippen molar-refractivity contribution in [1.82, 2.24) is 5.32 Å². The molecule has 20 heavy (non-hydrogen) atoms. The molecule has 0 fully saturated rings. The van der Waals surface area contributed by atoms with Gasteiger partial charge in [-0.15, -0.1) is 11.3 Å². The summed E-state index contributed by atoms with van der Waals surface area (Å²) >= 11 is 7.38. The molecule has 0 aliphatic rings. The zero-order valence-electron chi connectivity index (χ0n) is 11.2. The Balaban J connectivity index is 2.06. The first kappa shape index (κ1) is 15.0. The Hall–Kier alpha value is -1.36. The third-order valence-corrected chi connectivity index (χ3v) is 4.55. The summed E-state index contributed by atoms with van der Waals surface area (Å²) in [6.07, 6.45) is 0. The van der Waals surface area contributed by atoms with Gasteiger partial charge in [0.1, 0.15) is 0 Å². The third-order valence-electron chi connectivity index (χ3n) is 3.13. The van der Waals surface area contributed by atoms with E-state index in [1.807, 2.05) is 49.4 Å². The lowest BCUT2D eigenvalue weighted by atomic mass is 9.98. The predicted octanol–water partition coefficient (Wildman–Crippen LogP) is 3.32. The van der Waals surface area contributed by atoms with Crippen molar-refractivity contribution in [2.24, 2.45) is 5.73 Å². The van der Waals surface area contributed by atoms with Crippen LogP contribution in [-0.4, -0.2) is 12.5 Å². The Morgan fingerprint density at radius 3 is 2.55 bits per heavy atom. The molecule has 3 N–H and O–H groups in total. The van der Waals surface area contributed by atoms with E-state index in [1.165, 1.54) is 11.3 Å². The van der Waals surface area contributed by atoms with Crippen LogP contribution in [0.1, 0.15) is 29.3 Å². The van der Waals surface area contributed by atoms with Crippen LogP contribution in [0.5, 0.6) is 0 Å². The highest BCUT2D eigenvalue weighted by molar-refractivity contribution is 7.16. The summed E-state index contributed by atoms with van der Waals surface area (Å²) in [5.41, 5.74) is 6.68. The van der Waals surface area contributed by atoms with Gasteiger partial charge in [0, 0.05) is 11.4 Å². The van der Waals surface area contributed by atoms with Crippen LogP contribution in [0.3, 0.4) is 0 Å². The molecule has 1 aromatic heterocycles. The number of nitrogens with two attached hydrogens (primary N) is 1. The molecule has 1 aromatic carbocycles. The fourth-order valence-electron chi connectivity index (χ4n) is 2.03. The van der Waals surface area contributed by atoms with E-state index in [2.05, 4.69) is 5.32 Å². The van der Waals surface area contributed by atoms with Gasteiger partial charge in [-0.3, -0.25) is 4.79 Å². The Kier molecular flexibility index (Phi) is 5.17. The zero-order valence-corrected chi connectivity index (χ0v) is 12.7. The van der Waals surface area contributed by atoms with Crippen LogP contribution in [0.25, 0.3) is 0 Å². The largest absolute Gasteiger partial charge is 0.348 e. The lowest BCUT2D eigenvalue weighted by Crippen LogP contribution is -2.34. The maximum Gasteiger partial charge on any atom is 0.229 e. The summed E-state index contributed by atoms with van der Waals surface area (Å²) in [7, 11) is 0. The average molecular weight is 309 g/mol. The third kappa shape index (κ3) is 3.60. The molecular weight excluding hydrogens is 292 g/mol. The fraction of sp³-hybridized carbons (Fsp3) is 0.267. The fourth-order valence-corrected chi connectivity index (χ4v) is 3.09. The lowest BCUT2D eigenvalue weighted by Gasteiger charge is -2.18. The summed E-state index contributed by atoms with van der Waals surface area (Å²) in [6, 6.07) is 13.3. The predicted molar refractivity (Wildman–Crippen MR) is 84.1 cm³/mol. The van der Waals surface area contributed by atoms with E-state index in [0.717, 1.165) is 14.8 Å². The smallest absolute Gasteiger partial charge is 0.229 e. The van der Waals surface area contributed by atoms with E-state index < -0.39 is 0 Å². The molecule has 3 nitrogen and oxygen atoms in total. The molecule has 2 rings (SSSR count). The first-order valence-corrected chi connectivity index (χ1v) is 7.62. The number of nitrogens with one attached hydrogen (secondary N) is 1. The van der Waals surface area contributed by atoms with Gasteiger partial charge < -0.3 is 11.1 Å². The Labute approximate surface area is 127 Å². The second kappa shape index (κ2) is 6.88. The number of carbonyl (C=O) groups is 1. The van der Waals surface area contributed by atoms with Crippen LogP contribution in [0.2, 0.25) is 4.34 Å². The van der Waals surface area contributed by atoms with Crippen molar-refractivity contribution >= 4 is 28.8 Å². The molecule has 0 bridgehead atoms. The molecule has 0 aliphatic carbocycles. The minimum absolute atomic E-state index is 0.0595. The number of rotatable bonds is 5. The molecule has 0 spiro atoms. The van der Waals surface area contributed by atoms with Crippen molar-refractivity contribution in [1.29, 1.82) is 0 Å². The van der Waals surface area contributed by atoms with Gasteiger partial charge in [0.25, 0.3) is 0 Å². The van der Waals surface area contributed by atoms with Crippen LogP contribution < -0.4 is 11.1 Å².